The summed E-state index contributed by atoms with van der Waals surface area (Å²) in [5, 5.41) is 17.3. The average Bonchev–Trinajstić information content (AvgIpc) is 2.43. The molecule has 2 N–H and O–H groups in total. The fourth-order valence-electron chi connectivity index (χ4n) is 1.44. The van der Waals surface area contributed by atoms with Crippen LogP contribution in [0.15, 0.2) is 23.8 Å². The van der Waals surface area contributed by atoms with Crippen molar-refractivity contribution < 1.29 is 14.3 Å². The van der Waals surface area contributed by atoms with Crippen molar-refractivity contribution >= 4 is 12.0 Å². The van der Waals surface area contributed by atoms with Crippen LogP contribution in [-0.4, -0.2) is 19.1 Å². The molecular formula is C14H13N3O3. The number of carbonyl (C=O) groups is 1. The second kappa shape index (κ2) is 7.45. The average molecular weight is 271 g/mol. The highest BCUT2D eigenvalue weighted by atomic mass is 16.5. The van der Waals surface area contributed by atoms with Crippen LogP contribution in [0.5, 0.6) is 11.5 Å². The predicted octanol–water partition coefficient (Wildman–Crippen LogP) is 1.38. The van der Waals surface area contributed by atoms with E-state index in [0.29, 0.717) is 23.7 Å². The van der Waals surface area contributed by atoms with Gasteiger partial charge in [0, 0.05) is 0 Å². The summed E-state index contributed by atoms with van der Waals surface area (Å²) in [7, 11) is 0. The van der Waals surface area contributed by atoms with E-state index < -0.39 is 5.91 Å². The van der Waals surface area contributed by atoms with Gasteiger partial charge in [-0.2, -0.15) is 10.5 Å². The monoisotopic (exact) mass is 271 g/mol. The number of nitriles is 2. The van der Waals surface area contributed by atoms with Crippen LogP contribution in [0.2, 0.25) is 0 Å². The second-order valence-electron chi connectivity index (χ2n) is 3.62. The molecule has 6 heteroatoms. The molecule has 0 saturated heterocycles. The number of hydrogen-bond donors (Lipinski definition) is 1. The van der Waals surface area contributed by atoms with E-state index in [1.165, 1.54) is 6.08 Å². The zero-order valence-electron chi connectivity index (χ0n) is 10.9. The van der Waals surface area contributed by atoms with E-state index in [0.717, 1.165) is 0 Å². The van der Waals surface area contributed by atoms with Gasteiger partial charge in [0.05, 0.1) is 6.61 Å². The van der Waals surface area contributed by atoms with E-state index in [1.54, 1.807) is 31.2 Å². The standard InChI is InChI=1S/C14H13N3O3/c1-2-19-13-8-10(7-11(9-16)14(17)18)3-4-12(13)20-6-5-15/h3-4,7-8H,2,6H2,1H3,(H2,17,18)/b11-7+. The molecule has 1 aromatic rings. The molecule has 102 valence electrons. The molecule has 20 heavy (non-hydrogen) atoms. The summed E-state index contributed by atoms with van der Waals surface area (Å²) in [6, 6.07) is 8.43. The number of ether oxygens (including phenoxy) is 2. The summed E-state index contributed by atoms with van der Waals surface area (Å²) in [5.41, 5.74) is 5.49. The first-order valence-electron chi connectivity index (χ1n) is 5.80. The number of nitrogens with zero attached hydrogens (tertiary/aromatic N) is 2. The Kier molecular flexibility index (Phi) is 5.61. The molecule has 0 bridgehead atoms. The number of rotatable bonds is 6. The van der Waals surface area contributed by atoms with Crippen LogP contribution >= 0.6 is 0 Å². The highest BCUT2D eigenvalue weighted by molar-refractivity contribution is 6.00. The SMILES string of the molecule is CCOc1cc(/C=C(\C#N)C(N)=O)ccc1OCC#N. The lowest BCUT2D eigenvalue weighted by Crippen LogP contribution is -2.12. The van der Waals surface area contributed by atoms with Crippen molar-refractivity contribution in [2.24, 2.45) is 5.73 Å². The maximum atomic E-state index is 11.0. The molecule has 0 radical (unpaired) electrons. The third-order valence-electron chi connectivity index (χ3n) is 2.26. The molecule has 0 aliphatic heterocycles. The van der Waals surface area contributed by atoms with Crippen molar-refractivity contribution in [3.05, 3.63) is 29.3 Å². The lowest BCUT2D eigenvalue weighted by atomic mass is 10.1. The van der Waals surface area contributed by atoms with E-state index >= 15 is 0 Å². The van der Waals surface area contributed by atoms with Crippen molar-refractivity contribution in [3.8, 4) is 23.6 Å². The van der Waals surface area contributed by atoms with Gasteiger partial charge in [0.25, 0.3) is 5.91 Å². The highest BCUT2D eigenvalue weighted by Gasteiger charge is 2.08. The van der Waals surface area contributed by atoms with Gasteiger partial charge in [0.1, 0.15) is 17.7 Å². The van der Waals surface area contributed by atoms with Gasteiger partial charge in [0.15, 0.2) is 18.1 Å². The van der Waals surface area contributed by atoms with Crippen LogP contribution < -0.4 is 15.2 Å². The van der Waals surface area contributed by atoms with E-state index in [1.807, 2.05) is 6.07 Å². The molecule has 0 aliphatic carbocycles. The van der Waals surface area contributed by atoms with Crippen molar-refractivity contribution in [3.63, 3.8) is 0 Å². The fourth-order valence-corrected chi connectivity index (χ4v) is 1.44. The molecule has 1 amide bonds. The summed E-state index contributed by atoms with van der Waals surface area (Å²) in [6.07, 6.45) is 1.36. The first-order valence-corrected chi connectivity index (χ1v) is 5.80. The molecule has 0 heterocycles. The number of hydrogen-bond acceptors (Lipinski definition) is 5. The van der Waals surface area contributed by atoms with Crippen LogP contribution in [0.25, 0.3) is 6.08 Å². The molecule has 0 aliphatic rings. The molecule has 0 unspecified atom stereocenters. The van der Waals surface area contributed by atoms with E-state index in [9.17, 15) is 4.79 Å². The third kappa shape index (κ3) is 4.04. The number of carbonyl (C=O) groups excluding carboxylic acids is 1. The van der Waals surface area contributed by atoms with Crippen molar-refractivity contribution in [2.45, 2.75) is 6.92 Å². The Labute approximate surface area is 116 Å². The molecule has 0 atom stereocenters. The third-order valence-corrected chi connectivity index (χ3v) is 2.26. The van der Waals surface area contributed by atoms with Gasteiger partial charge in [-0.15, -0.1) is 0 Å². The zero-order chi connectivity index (χ0) is 15.0. The maximum Gasteiger partial charge on any atom is 0.259 e. The van der Waals surface area contributed by atoms with Crippen molar-refractivity contribution in [2.75, 3.05) is 13.2 Å². The lowest BCUT2D eigenvalue weighted by molar-refractivity contribution is -0.114. The summed E-state index contributed by atoms with van der Waals surface area (Å²) < 4.78 is 10.6. The minimum atomic E-state index is -0.796. The van der Waals surface area contributed by atoms with Crippen molar-refractivity contribution in [1.82, 2.24) is 0 Å². The number of amides is 1. The Hall–Kier alpha value is -2.99. The molecule has 0 spiro atoms. The maximum absolute atomic E-state index is 11.0. The lowest BCUT2D eigenvalue weighted by Gasteiger charge is -2.10. The summed E-state index contributed by atoms with van der Waals surface area (Å²) in [6.45, 7) is 2.12. The summed E-state index contributed by atoms with van der Waals surface area (Å²) in [4.78, 5) is 11.0. The molecule has 0 aromatic heterocycles. The largest absolute Gasteiger partial charge is 0.490 e. The molecule has 1 aromatic carbocycles. The van der Waals surface area contributed by atoms with Crippen LogP contribution in [0.1, 0.15) is 12.5 Å². The quantitative estimate of drug-likeness (QED) is 0.621. The van der Waals surface area contributed by atoms with E-state index in [-0.39, 0.29) is 12.2 Å². The molecule has 0 fully saturated rings. The number of primary amides is 1. The number of nitrogens with two attached hydrogens (primary N) is 1. The summed E-state index contributed by atoms with van der Waals surface area (Å²) in [5.74, 6) is 0.0525. The Morgan fingerprint density at radius 1 is 1.35 bits per heavy atom. The second-order valence-corrected chi connectivity index (χ2v) is 3.62. The van der Waals surface area contributed by atoms with Gasteiger partial charge >= 0.3 is 0 Å². The van der Waals surface area contributed by atoms with Crippen LogP contribution in [0, 0.1) is 22.7 Å². The highest BCUT2D eigenvalue weighted by Crippen LogP contribution is 2.29. The van der Waals surface area contributed by atoms with Gasteiger partial charge in [-0.1, -0.05) is 6.07 Å². The summed E-state index contributed by atoms with van der Waals surface area (Å²) >= 11 is 0. The minimum Gasteiger partial charge on any atom is -0.490 e. The Balaban J connectivity index is 3.13. The Bertz CT molecular complexity index is 609. The topological polar surface area (TPSA) is 109 Å². The van der Waals surface area contributed by atoms with Crippen LogP contribution in [0.4, 0.5) is 0 Å². The van der Waals surface area contributed by atoms with Crippen LogP contribution in [-0.2, 0) is 4.79 Å². The van der Waals surface area contributed by atoms with Crippen molar-refractivity contribution in [1.29, 1.82) is 10.5 Å². The molecular weight excluding hydrogens is 258 g/mol. The van der Waals surface area contributed by atoms with Crippen LogP contribution in [0.3, 0.4) is 0 Å². The fraction of sp³-hybridized carbons (Fsp3) is 0.214. The normalized spacial score (nSPS) is 10.2. The number of benzene rings is 1. The smallest absolute Gasteiger partial charge is 0.259 e. The Morgan fingerprint density at radius 2 is 2.10 bits per heavy atom. The van der Waals surface area contributed by atoms with Gasteiger partial charge in [0.2, 0.25) is 0 Å². The molecule has 6 nitrogen and oxygen atoms in total. The first-order chi connectivity index (χ1) is 9.62. The van der Waals surface area contributed by atoms with Gasteiger partial charge < -0.3 is 15.2 Å². The molecule has 0 saturated carbocycles. The van der Waals surface area contributed by atoms with Gasteiger partial charge in [-0.25, -0.2) is 0 Å². The molecule has 1 rings (SSSR count). The van der Waals surface area contributed by atoms with Gasteiger partial charge in [-0.3, -0.25) is 4.79 Å². The van der Waals surface area contributed by atoms with Gasteiger partial charge in [-0.05, 0) is 30.7 Å². The zero-order valence-corrected chi connectivity index (χ0v) is 10.9. The first kappa shape index (κ1) is 15.1. The minimum absolute atomic E-state index is 0.0972. The van der Waals surface area contributed by atoms with E-state index in [2.05, 4.69) is 0 Å². The van der Waals surface area contributed by atoms with E-state index in [4.69, 9.17) is 25.7 Å². The predicted molar refractivity (Wildman–Crippen MR) is 71.5 cm³/mol. The Morgan fingerprint density at radius 3 is 2.65 bits per heavy atom.